The Balaban J connectivity index is 1.47. The van der Waals surface area contributed by atoms with Crippen molar-refractivity contribution in [3.8, 4) is 5.69 Å². The molecule has 1 aromatic heterocycles. The Hall–Kier alpha value is -3.41. The predicted octanol–water partition coefficient (Wildman–Crippen LogP) is 3.65. The molecule has 1 amide bonds. The number of hydrogen-bond acceptors (Lipinski definition) is 4. The summed E-state index contributed by atoms with van der Waals surface area (Å²) in [7, 11) is 0. The van der Waals surface area contributed by atoms with Crippen LogP contribution in [0.2, 0.25) is 0 Å². The van der Waals surface area contributed by atoms with Gasteiger partial charge in [-0.1, -0.05) is 17.7 Å². The summed E-state index contributed by atoms with van der Waals surface area (Å²) in [6.45, 7) is 8.31. The SMILES string of the molecule is CC(=O)c1ccc(N2CCN(C(=O)c3cc(C)nn3-c3ccc(C)cc3)CC2)cc1. The van der Waals surface area contributed by atoms with Gasteiger partial charge in [0, 0.05) is 37.4 Å². The van der Waals surface area contributed by atoms with Gasteiger partial charge in [-0.2, -0.15) is 5.10 Å². The van der Waals surface area contributed by atoms with E-state index in [-0.39, 0.29) is 11.7 Å². The van der Waals surface area contributed by atoms with Crippen LogP contribution < -0.4 is 4.90 Å². The molecule has 0 bridgehead atoms. The highest BCUT2D eigenvalue weighted by atomic mass is 16.2. The van der Waals surface area contributed by atoms with Crippen molar-refractivity contribution < 1.29 is 9.59 Å². The van der Waals surface area contributed by atoms with Crippen molar-refractivity contribution in [2.75, 3.05) is 31.1 Å². The second kappa shape index (κ2) is 8.14. The molecule has 6 heteroatoms. The van der Waals surface area contributed by atoms with Crippen molar-refractivity contribution in [1.82, 2.24) is 14.7 Å². The number of aromatic nitrogens is 2. The van der Waals surface area contributed by atoms with E-state index in [1.54, 1.807) is 11.6 Å². The minimum atomic E-state index is 0.00255. The fourth-order valence-corrected chi connectivity index (χ4v) is 3.77. The number of Topliss-reactive ketones (excluding diaryl/α,β-unsaturated/α-hetero) is 1. The standard InChI is InChI=1S/C24H26N4O2/c1-17-4-8-22(9-5-17)28-23(16-18(2)25-28)24(30)27-14-12-26(13-15-27)21-10-6-20(7-11-21)19(3)29/h4-11,16H,12-15H2,1-3H3. The Kier molecular flexibility index (Phi) is 5.40. The quantitative estimate of drug-likeness (QED) is 0.625. The first-order valence-electron chi connectivity index (χ1n) is 10.2. The fourth-order valence-electron chi connectivity index (χ4n) is 3.77. The largest absolute Gasteiger partial charge is 0.368 e. The number of aryl methyl sites for hydroxylation is 2. The average Bonchev–Trinajstić information content (AvgIpc) is 3.15. The van der Waals surface area contributed by atoms with E-state index in [4.69, 9.17) is 0 Å². The minimum absolute atomic E-state index is 0.00255. The topological polar surface area (TPSA) is 58.4 Å². The Morgan fingerprint density at radius 1 is 0.833 bits per heavy atom. The lowest BCUT2D eigenvalue weighted by Crippen LogP contribution is -2.49. The summed E-state index contributed by atoms with van der Waals surface area (Å²) in [6, 6.07) is 17.6. The van der Waals surface area contributed by atoms with Gasteiger partial charge >= 0.3 is 0 Å². The second-order valence-corrected chi connectivity index (χ2v) is 7.80. The van der Waals surface area contributed by atoms with Crippen molar-refractivity contribution in [3.05, 3.63) is 77.1 Å². The summed E-state index contributed by atoms with van der Waals surface area (Å²) in [5.41, 5.74) is 5.27. The Morgan fingerprint density at radius 2 is 1.43 bits per heavy atom. The monoisotopic (exact) mass is 402 g/mol. The molecule has 30 heavy (non-hydrogen) atoms. The summed E-state index contributed by atoms with van der Waals surface area (Å²) < 4.78 is 1.74. The molecule has 154 valence electrons. The van der Waals surface area contributed by atoms with Crippen molar-refractivity contribution in [1.29, 1.82) is 0 Å². The van der Waals surface area contributed by atoms with Gasteiger partial charge in [0.25, 0.3) is 5.91 Å². The zero-order valence-corrected chi connectivity index (χ0v) is 17.6. The summed E-state index contributed by atoms with van der Waals surface area (Å²) in [5.74, 6) is 0.0696. The number of benzene rings is 2. The van der Waals surface area contributed by atoms with Crippen LogP contribution in [-0.2, 0) is 0 Å². The molecule has 2 aromatic carbocycles. The number of anilines is 1. The highest BCUT2D eigenvalue weighted by molar-refractivity contribution is 5.94. The lowest BCUT2D eigenvalue weighted by molar-refractivity contribution is 0.0737. The zero-order valence-electron chi connectivity index (χ0n) is 17.6. The Morgan fingerprint density at radius 3 is 2.03 bits per heavy atom. The van der Waals surface area contributed by atoms with Gasteiger partial charge in [-0.25, -0.2) is 4.68 Å². The highest BCUT2D eigenvalue weighted by Crippen LogP contribution is 2.20. The Labute approximate surface area is 176 Å². The third-order valence-electron chi connectivity index (χ3n) is 5.54. The van der Waals surface area contributed by atoms with Gasteiger partial charge in [0.15, 0.2) is 5.78 Å². The second-order valence-electron chi connectivity index (χ2n) is 7.80. The number of carbonyl (C=O) groups excluding carboxylic acids is 2. The van der Waals surface area contributed by atoms with Gasteiger partial charge in [0.05, 0.1) is 11.4 Å². The van der Waals surface area contributed by atoms with Gasteiger partial charge in [-0.15, -0.1) is 0 Å². The third kappa shape index (κ3) is 3.99. The highest BCUT2D eigenvalue weighted by Gasteiger charge is 2.25. The van der Waals surface area contributed by atoms with Gasteiger partial charge < -0.3 is 9.80 Å². The molecule has 0 N–H and O–H groups in total. The number of nitrogens with zero attached hydrogens (tertiary/aromatic N) is 4. The maximum absolute atomic E-state index is 13.2. The number of ketones is 1. The molecule has 6 nitrogen and oxygen atoms in total. The minimum Gasteiger partial charge on any atom is -0.368 e. The molecule has 0 aliphatic carbocycles. The first-order valence-corrected chi connectivity index (χ1v) is 10.2. The van der Waals surface area contributed by atoms with E-state index in [2.05, 4.69) is 10.00 Å². The van der Waals surface area contributed by atoms with Crippen LogP contribution in [0, 0.1) is 13.8 Å². The summed E-state index contributed by atoms with van der Waals surface area (Å²) >= 11 is 0. The number of carbonyl (C=O) groups is 2. The summed E-state index contributed by atoms with van der Waals surface area (Å²) in [6.07, 6.45) is 0. The first kappa shape index (κ1) is 19.9. The maximum atomic E-state index is 13.2. The molecular weight excluding hydrogens is 376 g/mol. The van der Waals surface area contributed by atoms with Crippen LogP contribution in [0.25, 0.3) is 5.69 Å². The first-order chi connectivity index (χ1) is 14.4. The van der Waals surface area contributed by atoms with Crippen LogP contribution in [0.5, 0.6) is 0 Å². The average molecular weight is 402 g/mol. The molecule has 0 spiro atoms. The molecule has 0 unspecified atom stereocenters. The lowest BCUT2D eigenvalue weighted by atomic mass is 10.1. The smallest absolute Gasteiger partial charge is 0.272 e. The number of rotatable bonds is 4. The number of amides is 1. The molecule has 1 fully saturated rings. The van der Waals surface area contributed by atoms with Crippen LogP contribution >= 0.6 is 0 Å². The molecule has 4 rings (SSSR count). The van der Waals surface area contributed by atoms with Crippen LogP contribution in [0.3, 0.4) is 0 Å². The van der Waals surface area contributed by atoms with Gasteiger partial charge in [-0.05, 0) is 63.2 Å². The van der Waals surface area contributed by atoms with E-state index in [1.165, 1.54) is 5.56 Å². The van der Waals surface area contributed by atoms with Crippen LogP contribution in [-0.4, -0.2) is 52.5 Å². The van der Waals surface area contributed by atoms with Crippen LogP contribution in [0.1, 0.15) is 39.0 Å². The van der Waals surface area contributed by atoms with E-state index >= 15 is 0 Å². The number of piperazine rings is 1. The summed E-state index contributed by atoms with van der Waals surface area (Å²) in [4.78, 5) is 28.9. The molecule has 2 heterocycles. The van der Waals surface area contributed by atoms with Crippen molar-refractivity contribution >= 4 is 17.4 Å². The maximum Gasteiger partial charge on any atom is 0.272 e. The molecule has 0 saturated carbocycles. The molecular formula is C24H26N4O2. The van der Waals surface area contributed by atoms with Crippen LogP contribution in [0.4, 0.5) is 5.69 Å². The van der Waals surface area contributed by atoms with E-state index in [9.17, 15) is 9.59 Å². The lowest BCUT2D eigenvalue weighted by Gasteiger charge is -2.36. The van der Waals surface area contributed by atoms with Crippen molar-refractivity contribution in [2.24, 2.45) is 0 Å². The molecule has 1 aliphatic heterocycles. The van der Waals surface area contributed by atoms with Gasteiger partial charge in [0.2, 0.25) is 0 Å². The zero-order chi connectivity index (χ0) is 21.3. The molecule has 1 saturated heterocycles. The fraction of sp³-hybridized carbons (Fsp3) is 0.292. The molecule has 3 aromatic rings. The van der Waals surface area contributed by atoms with Crippen molar-refractivity contribution in [2.45, 2.75) is 20.8 Å². The third-order valence-corrected chi connectivity index (χ3v) is 5.54. The normalized spacial score (nSPS) is 14.1. The Bertz CT molecular complexity index is 1060. The van der Waals surface area contributed by atoms with E-state index in [1.807, 2.05) is 73.3 Å². The van der Waals surface area contributed by atoms with Crippen molar-refractivity contribution in [3.63, 3.8) is 0 Å². The van der Waals surface area contributed by atoms with E-state index < -0.39 is 0 Å². The van der Waals surface area contributed by atoms with E-state index in [0.29, 0.717) is 24.3 Å². The van der Waals surface area contributed by atoms with E-state index in [0.717, 1.165) is 30.2 Å². The molecule has 0 atom stereocenters. The van der Waals surface area contributed by atoms with Gasteiger partial charge in [-0.3, -0.25) is 9.59 Å². The molecule has 0 radical (unpaired) electrons. The summed E-state index contributed by atoms with van der Waals surface area (Å²) in [5, 5.41) is 4.54. The van der Waals surface area contributed by atoms with Crippen LogP contribution in [0.15, 0.2) is 54.6 Å². The predicted molar refractivity (Wildman–Crippen MR) is 118 cm³/mol. The van der Waals surface area contributed by atoms with Gasteiger partial charge in [0.1, 0.15) is 5.69 Å². The number of hydrogen-bond donors (Lipinski definition) is 0. The molecule has 1 aliphatic rings.